The first kappa shape index (κ1) is 17.5. The van der Waals surface area contributed by atoms with Crippen LogP contribution >= 0.6 is 22.9 Å². The number of hydrogen-bond donors (Lipinski definition) is 0. The Morgan fingerprint density at radius 1 is 1.19 bits per heavy atom. The van der Waals surface area contributed by atoms with E-state index in [0.29, 0.717) is 10.4 Å². The smallest absolute Gasteiger partial charge is 0.353 e. The summed E-state index contributed by atoms with van der Waals surface area (Å²) in [5.41, 5.74) is 0.365. The number of carbonyl (C=O) groups is 2. The average molecular weight is 401 g/mol. The Kier molecular flexibility index (Phi) is 4.51. The molecule has 4 rings (SSSR count). The zero-order chi connectivity index (χ0) is 19.0. The molecule has 0 amide bonds. The second-order valence-corrected chi connectivity index (χ2v) is 6.95. The van der Waals surface area contributed by atoms with Crippen molar-refractivity contribution < 1.29 is 23.5 Å². The SMILES string of the molecule is O=C(Oc1ccc2c(c1)OC(=Cc1c(F)cccc1Cl)C2=O)c1cccs1. The standard InChI is InChI=1S/C20H10ClFO4S/c21-14-3-1-4-15(22)13(14)10-17-19(23)12-7-6-11(9-16(12)26-17)25-20(24)18-5-2-8-27-18/h1-10H. The second kappa shape index (κ2) is 6.98. The molecule has 1 aromatic heterocycles. The summed E-state index contributed by atoms with van der Waals surface area (Å²) < 4.78 is 24.8. The molecule has 1 aliphatic heterocycles. The molecule has 134 valence electrons. The lowest BCUT2D eigenvalue weighted by molar-refractivity contribution is 0.0739. The fourth-order valence-electron chi connectivity index (χ4n) is 2.56. The number of carbonyl (C=O) groups excluding carboxylic acids is 2. The fourth-order valence-corrected chi connectivity index (χ4v) is 3.38. The van der Waals surface area contributed by atoms with Gasteiger partial charge in [-0.15, -0.1) is 11.3 Å². The van der Waals surface area contributed by atoms with Gasteiger partial charge in [0.2, 0.25) is 5.78 Å². The number of benzene rings is 2. The number of allylic oxidation sites excluding steroid dienone is 1. The van der Waals surface area contributed by atoms with E-state index < -0.39 is 17.6 Å². The highest BCUT2D eigenvalue weighted by Gasteiger charge is 2.28. The summed E-state index contributed by atoms with van der Waals surface area (Å²) in [6.07, 6.45) is 1.26. The van der Waals surface area contributed by atoms with Crippen LogP contribution in [0.15, 0.2) is 59.7 Å². The zero-order valence-electron chi connectivity index (χ0n) is 13.6. The molecule has 0 unspecified atom stereocenters. The molecule has 0 atom stereocenters. The van der Waals surface area contributed by atoms with Crippen LogP contribution in [0.5, 0.6) is 11.5 Å². The topological polar surface area (TPSA) is 52.6 Å². The van der Waals surface area contributed by atoms with Crippen LogP contribution in [-0.4, -0.2) is 11.8 Å². The van der Waals surface area contributed by atoms with E-state index >= 15 is 0 Å². The highest BCUT2D eigenvalue weighted by Crippen LogP contribution is 2.36. The van der Waals surface area contributed by atoms with Gasteiger partial charge in [-0.2, -0.15) is 0 Å². The summed E-state index contributed by atoms with van der Waals surface area (Å²) in [7, 11) is 0. The molecule has 0 N–H and O–H groups in total. The maximum absolute atomic E-state index is 13.9. The van der Waals surface area contributed by atoms with Gasteiger partial charge in [-0.1, -0.05) is 23.7 Å². The lowest BCUT2D eigenvalue weighted by Gasteiger charge is -2.04. The van der Waals surface area contributed by atoms with Gasteiger partial charge in [0.05, 0.1) is 10.6 Å². The number of hydrogen-bond acceptors (Lipinski definition) is 5. The van der Waals surface area contributed by atoms with E-state index in [1.165, 1.54) is 53.8 Å². The number of Topliss-reactive ketones (excluding diaryl/α,β-unsaturated/α-hetero) is 1. The van der Waals surface area contributed by atoms with Crippen molar-refractivity contribution in [2.75, 3.05) is 0 Å². The van der Waals surface area contributed by atoms with E-state index in [9.17, 15) is 14.0 Å². The van der Waals surface area contributed by atoms with E-state index in [2.05, 4.69) is 0 Å². The van der Waals surface area contributed by atoms with Gasteiger partial charge in [0.1, 0.15) is 22.2 Å². The van der Waals surface area contributed by atoms with E-state index in [1.54, 1.807) is 17.5 Å². The number of ether oxygens (including phenoxy) is 2. The number of ketones is 1. The van der Waals surface area contributed by atoms with Gasteiger partial charge in [-0.25, -0.2) is 9.18 Å². The quantitative estimate of drug-likeness (QED) is 0.336. The first-order valence-electron chi connectivity index (χ1n) is 7.81. The van der Waals surface area contributed by atoms with E-state index in [0.717, 1.165) is 0 Å². The van der Waals surface area contributed by atoms with Crippen LogP contribution in [0, 0.1) is 5.82 Å². The van der Waals surface area contributed by atoms with Crippen molar-refractivity contribution in [2.24, 2.45) is 0 Å². The van der Waals surface area contributed by atoms with Crippen LogP contribution in [-0.2, 0) is 0 Å². The van der Waals surface area contributed by atoms with E-state index in [4.69, 9.17) is 21.1 Å². The first-order chi connectivity index (χ1) is 13.0. The van der Waals surface area contributed by atoms with Gasteiger partial charge < -0.3 is 9.47 Å². The highest BCUT2D eigenvalue weighted by molar-refractivity contribution is 7.12. The molecule has 0 saturated heterocycles. The highest BCUT2D eigenvalue weighted by atomic mass is 35.5. The van der Waals surface area contributed by atoms with Crippen LogP contribution in [0.3, 0.4) is 0 Å². The number of rotatable bonds is 3. The van der Waals surface area contributed by atoms with Crippen molar-refractivity contribution >= 4 is 40.8 Å². The molecule has 27 heavy (non-hydrogen) atoms. The van der Waals surface area contributed by atoms with Crippen LogP contribution in [0.1, 0.15) is 25.6 Å². The predicted molar refractivity (Wildman–Crippen MR) is 100 cm³/mol. The Labute approximate surface area is 162 Å². The molecule has 2 heterocycles. The van der Waals surface area contributed by atoms with Crippen molar-refractivity contribution in [3.8, 4) is 11.5 Å². The fraction of sp³-hybridized carbons (Fsp3) is 0. The average Bonchev–Trinajstić information content (AvgIpc) is 3.27. The van der Waals surface area contributed by atoms with E-state index in [1.807, 2.05) is 0 Å². The van der Waals surface area contributed by atoms with Gasteiger partial charge in [0, 0.05) is 11.6 Å². The monoisotopic (exact) mass is 400 g/mol. The zero-order valence-corrected chi connectivity index (χ0v) is 15.1. The minimum atomic E-state index is -0.562. The number of halogens is 2. The Morgan fingerprint density at radius 3 is 2.78 bits per heavy atom. The third kappa shape index (κ3) is 3.37. The lowest BCUT2D eigenvalue weighted by atomic mass is 10.1. The molecule has 0 saturated carbocycles. The van der Waals surface area contributed by atoms with Gasteiger partial charge in [0.15, 0.2) is 5.76 Å². The minimum Gasteiger partial charge on any atom is -0.452 e. The minimum absolute atomic E-state index is 0.0567. The first-order valence-corrected chi connectivity index (χ1v) is 9.06. The molecule has 4 nitrogen and oxygen atoms in total. The van der Waals surface area contributed by atoms with Crippen molar-refractivity contribution in [1.82, 2.24) is 0 Å². The van der Waals surface area contributed by atoms with Crippen LogP contribution in [0.25, 0.3) is 6.08 Å². The maximum atomic E-state index is 13.9. The number of fused-ring (bicyclic) bond motifs is 1. The molecule has 1 aliphatic rings. The Bertz CT molecular complexity index is 1070. The summed E-state index contributed by atoms with van der Waals surface area (Å²) in [4.78, 5) is 25.0. The number of thiophene rings is 1. The summed E-state index contributed by atoms with van der Waals surface area (Å²) in [5.74, 6) is -1.05. The summed E-state index contributed by atoms with van der Waals surface area (Å²) >= 11 is 7.25. The van der Waals surface area contributed by atoms with Gasteiger partial charge in [0.25, 0.3) is 0 Å². The van der Waals surface area contributed by atoms with Crippen LogP contribution in [0.2, 0.25) is 5.02 Å². The number of esters is 1. The van der Waals surface area contributed by atoms with Crippen LogP contribution < -0.4 is 9.47 Å². The summed E-state index contributed by atoms with van der Waals surface area (Å²) in [5, 5.41) is 1.94. The molecule has 7 heteroatoms. The molecule has 2 aromatic carbocycles. The third-order valence-electron chi connectivity index (χ3n) is 3.85. The van der Waals surface area contributed by atoms with Gasteiger partial charge >= 0.3 is 5.97 Å². The molecule has 0 fully saturated rings. The van der Waals surface area contributed by atoms with Crippen molar-refractivity contribution in [3.63, 3.8) is 0 Å². The predicted octanol–water partition coefficient (Wildman–Crippen LogP) is 5.38. The summed E-state index contributed by atoms with van der Waals surface area (Å²) in [6, 6.07) is 12.1. The molecule has 3 aromatic rings. The molecule has 0 bridgehead atoms. The Morgan fingerprint density at radius 2 is 2.04 bits per heavy atom. The van der Waals surface area contributed by atoms with Gasteiger partial charge in [-0.3, -0.25) is 4.79 Å². The third-order valence-corrected chi connectivity index (χ3v) is 5.03. The van der Waals surface area contributed by atoms with Crippen molar-refractivity contribution in [2.45, 2.75) is 0 Å². The molecule has 0 aliphatic carbocycles. The summed E-state index contributed by atoms with van der Waals surface area (Å²) in [6.45, 7) is 0. The van der Waals surface area contributed by atoms with Crippen molar-refractivity contribution in [1.29, 1.82) is 0 Å². The Hall–Kier alpha value is -2.96. The molecule has 0 spiro atoms. The maximum Gasteiger partial charge on any atom is 0.353 e. The second-order valence-electron chi connectivity index (χ2n) is 5.60. The lowest BCUT2D eigenvalue weighted by Crippen LogP contribution is -2.06. The largest absolute Gasteiger partial charge is 0.452 e. The van der Waals surface area contributed by atoms with Gasteiger partial charge in [-0.05, 0) is 41.8 Å². The Balaban J connectivity index is 1.61. The van der Waals surface area contributed by atoms with Crippen LogP contribution in [0.4, 0.5) is 4.39 Å². The van der Waals surface area contributed by atoms with E-state index in [-0.39, 0.29) is 27.8 Å². The molecular weight excluding hydrogens is 391 g/mol. The molecular formula is C20H10ClFO4S. The normalized spacial score (nSPS) is 14.1. The van der Waals surface area contributed by atoms with Crippen molar-refractivity contribution in [3.05, 3.63) is 86.5 Å². The molecule has 0 radical (unpaired) electrons.